The lowest BCUT2D eigenvalue weighted by atomic mass is 10.0. The van der Waals surface area contributed by atoms with E-state index in [4.69, 9.17) is 15.3 Å². The van der Waals surface area contributed by atoms with Gasteiger partial charge in [0.25, 0.3) is 0 Å². The lowest BCUT2D eigenvalue weighted by Crippen LogP contribution is -2.61. The van der Waals surface area contributed by atoms with Crippen molar-refractivity contribution in [2.24, 2.45) is 10.9 Å². The minimum absolute atomic E-state index is 0.0103. The van der Waals surface area contributed by atoms with E-state index in [1.165, 1.54) is 6.20 Å². The summed E-state index contributed by atoms with van der Waals surface area (Å²) in [5.74, 6) is -2.39. The van der Waals surface area contributed by atoms with Crippen LogP contribution in [0.2, 0.25) is 0 Å². The molecule has 4 rings (SSSR count). The number of para-hydroxylation sites is 1. The van der Waals surface area contributed by atoms with Crippen LogP contribution >= 0.6 is 0 Å². The molecule has 2 aromatic heterocycles. The van der Waals surface area contributed by atoms with Crippen molar-refractivity contribution in [2.75, 3.05) is 12.3 Å². The first-order valence-electron chi connectivity index (χ1n) is 10.1. The Balaban J connectivity index is 1.89. The van der Waals surface area contributed by atoms with Gasteiger partial charge in [-0.15, -0.1) is 0 Å². The van der Waals surface area contributed by atoms with E-state index in [0.29, 0.717) is 10.9 Å². The van der Waals surface area contributed by atoms with E-state index in [9.17, 15) is 18.0 Å². The van der Waals surface area contributed by atoms with Gasteiger partial charge in [0.05, 0.1) is 10.9 Å². The Morgan fingerprint density at radius 3 is 2.55 bits per heavy atom. The molecule has 0 amide bonds. The van der Waals surface area contributed by atoms with E-state index in [-0.39, 0.29) is 35.6 Å². The molecule has 0 aliphatic carbocycles. The summed E-state index contributed by atoms with van der Waals surface area (Å²) >= 11 is 0. The number of anilines is 1. The van der Waals surface area contributed by atoms with Crippen LogP contribution in [-0.2, 0) is 9.63 Å². The summed E-state index contributed by atoms with van der Waals surface area (Å²) in [6.07, 6.45) is -2.55. The maximum Gasteiger partial charge on any atom is 0.497 e. The number of ether oxygens (including phenoxy) is 1. The van der Waals surface area contributed by atoms with Gasteiger partial charge in [-0.25, -0.2) is 14.8 Å². The molecule has 1 aliphatic rings. The third-order valence-corrected chi connectivity index (χ3v) is 5.34. The molecule has 33 heavy (non-hydrogen) atoms. The van der Waals surface area contributed by atoms with Crippen LogP contribution in [0.25, 0.3) is 10.9 Å². The van der Waals surface area contributed by atoms with E-state index < -0.39 is 22.8 Å². The summed E-state index contributed by atoms with van der Waals surface area (Å²) in [7, 11) is 0. The average Bonchev–Trinajstić information content (AvgIpc) is 3.14. The predicted octanol–water partition coefficient (Wildman–Crippen LogP) is 4.32. The van der Waals surface area contributed by atoms with Crippen molar-refractivity contribution in [3.8, 4) is 5.88 Å². The minimum Gasteiger partial charge on any atom is -0.471 e. The molecule has 0 saturated carbocycles. The highest BCUT2D eigenvalue weighted by molar-refractivity contribution is 6.07. The van der Waals surface area contributed by atoms with Gasteiger partial charge in [-0.2, -0.15) is 18.2 Å². The van der Waals surface area contributed by atoms with Crippen LogP contribution in [-0.4, -0.2) is 41.1 Å². The molecule has 2 unspecified atom stereocenters. The Morgan fingerprint density at radius 2 is 1.88 bits per heavy atom. The SMILES string of the molecule is CC(C)C(COc1ccccn1)[N+]1(OC(=O)C(F)(F)F)C=Nc2c(N)nc3ccccc3c21. The number of nitrogen functional groups attached to an aromatic ring is 1. The van der Waals surface area contributed by atoms with Crippen LogP contribution < -0.4 is 15.1 Å². The normalized spacial score (nSPS) is 18.4. The van der Waals surface area contributed by atoms with Crippen molar-refractivity contribution >= 4 is 40.4 Å². The predicted molar refractivity (Wildman–Crippen MR) is 117 cm³/mol. The highest BCUT2D eigenvalue weighted by Gasteiger charge is 2.57. The van der Waals surface area contributed by atoms with Gasteiger partial charge in [0.15, 0.2) is 17.5 Å². The second-order valence-corrected chi connectivity index (χ2v) is 7.83. The first-order chi connectivity index (χ1) is 15.6. The van der Waals surface area contributed by atoms with E-state index in [1.807, 2.05) is 0 Å². The third-order valence-electron chi connectivity index (χ3n) is 5.34. The first kappa shape index (κ1) is 22.5. The molecule has 0 bridgehead atoms. The molecule has 1 aliphatic heterocycles. The molecule has 3 heterocycles. The number of carbonyl (C=O) groups excluding carboxylic acids is 1. The molecule has 172 valence electrons. The zero-order valence-corrected chi connectivity index (χ0v) is 17.8. The van der Waals surface area contributed by atoms with Crippen molar-refractivity contribution in [1.82, 2.24) is 14.6 Å². The number of nitrogens with zero attached hydrogens (tertiary/aromatic N) is 4. The number of carbonyl (C=O) groups is 1. The molecule has 0 spiro atoms. The molecule has 1 aromatic carbocycles. The van der Waals surface area contributed by atoms with Gasteiger partial charge in [-0.1, -0.05) is 32.0 Å². The fourth-order valence-corrected chi connectivity index (χ4v) is 3.81. The topological polar surface area (TPSA) is 99.7 Å². The maximum absolute atomic E-state index is 13.3. The summed E-state index contributed by atoms with van der Waals surface area (Å²) in [6.45, 7) is 3.45. The van der Waals surface area contributed by atoms with Crippen LogP contribution in [0.3, 0.4) is 0 Å². The highest BCUT2D eigenvalue weighted by atomic mass is 19.4. The smallest absolute Gasteiger partial charge is 0.471 e. The number of aromatic nitrogens is 2. The Kier molecular flexibility index (Phi) is 5.66. The number of quaternary nitrogens is 1. The molecule has 8 nitrogen and oxygen atoms in total. The molecule has 3 aromatic rings. The fraction of sp³-hybridized carbons (Fsp3) is 0.273. The average molecular weight is 460 g/mol. The standard InChI is InChI=1S/C22H21F3N5O3/c1-13(2)16(11-32-17-9-5-6-10-27-17)30(33-21(31)22(23,24)25)12-28-18-19(30)14-7-3-4-8-15(14)29-20(18)26/h3-10,12-13,16H,11H2,1-2H3,(H2,26,29)/q+1. The number of hydrogen-bond acceptors (Lipinski definition) is 7. The van der Waals surface area contributed by atoms with Gasteiger partial charge in [0.1, 0.15) is 6.61 Å². The number of hydroxylamine groups is 2. The number of rotatable bonds is 6. The highest BCUT2D eigenvalue weighted by Crippen LogP contribution is 2.49. The summed E-state index contributed by atoms with van der Waals surface area (Å²) in [6, 6.07) is 11.0. The Morgan fingerprint density at radius 1 is 1.15 bits per heavy atom. The first-order valence-corrected chi connectivity index (χ1v) is 10.1. The van der Waals surface area contributed by atoms with Gasteiger partial charge in [-0.05, 0) is 22.8 Å². The zero-order chi connectivity index (χ0) is 23.8. The van der Waals surface area contributed by atoms with Crippen LogP contribution in [0.5, 0.6) is 5.88 Å². The quantitative estimate of drug-likeness (QED) is 0.550. The van der Waals surface area contributed by atoms with Crippen LogP contribution in [0.1, 0.15) is 13.8 Å². The summed E-state index contributed by atoms with van der Waals surface area (Å²) < 4.78 is 44.9. The van der Waals surface area contributed by atoms with E-state index >= 15 is 0 Å². The van der Waals surface area contributed by atoms with Crippen molar-refractivity contribution < 1.29 is 27.5 Å². The van der Waals surface area contributed by atoms with Crippen molar-refractivity contribution in [3.63, 3.8) is 0 Å². The number of alkyl halides is 3. The minimum atomic E-state index is -5.22. The summed E-state index contributed by atoms with van der Waals surface area (Å²) in [4.78, 5) is 30.0. The van der Waals surface area contributed by atoms with Gasteiger partial charge < -0.3 is 10.5 Å². The molecule has 0 radical (unpaired) electrons. The van der Waals surface area contributed by atoms with Crippen molar-refractivity contribution in [2.45, 2.75) is 26.1 Å². The van der Waals surface area contributed by atoms with Crippen LogP contribution in [0.15, 0.2) is 53.7 Å². The Bertz CT molecular complexity index is 1220. The van der Waals surface area contributed by atoms with E-state index in [1.54, 1.807) is 56.3 Å². The fourth-order valence-electron chi connectivity index (χ4n) is 3.81. The van der Waals surface area contributed by atoms with E-state index in [2.05, 4.69) is 15.0 Å². The van der Waals surface area contributed by atoms with Crippen molar-refractivity contribution in [1.29, 1.82) is 0 Å². The third kappa shape index (κ3) is 4.07. The molecule has 2 atom stereocenters. The molecule has 2 N–H and O–H groups in total. The molecular weight excluding hydrogens is 439 g/mol. The Labute approximate surface area is 187 Å². The number of nitrogens with two attached hydrogens (primary N) is 1. The molecular formula is C22H21F3N5O3+. The van der Waals surface area contributed by atoms with Crippen LogP contribution in [0, 0.1) is 5.92 Å². The van der Waals surface area contributed by atoms with Gasteiger partial charge in [0.2, 0.25) is 17.9 Å². The van der Waals surface area contributed by atoms with Crippen molar-refractivity contribution in [3.05, 3.63) is 48.7 Å². The van der Waals surface area contributed by atoms with Gasteiger partial charge in [0, 0.05) is 18.2 Å². The maximum atomic E-state index is 13.3. The molecule has 0 fully saturated rings. The van der Waals surface area contributed by atoms with Crippen LogP contribution in [0.4, 0.5) is 30.4 Å². The largest absolute Gasteiger partial charge is 0.497 e. The number of pyridine rings is 2. The second-order valence-electron chi connectivity index (χ2n) is 7.83. The summed E-state index contributed by atoms with van der Waals surface area (Å²) in [5.41, 5.74) is 6.85. The molecule has 0 saturated heterocycles. The lowest BCUT2D eigenvalue weighted by Gasteiger charge is -2.36. The van der Waals surface area contributed by atoms with E-state index in [0.717, 1.165) is 6.34 Å². The zero-order valence-electron chi connectivity index (χ0n) is 17.8. The number of aliphatic imine (C=N–C) groups is 1. The second kappa shape index (κ2) is 8.32. The summed E-state index contributed by atoms with van der Waals surface area (Å²) in [5, 5.41) is 0.456. The monoisotopic (exact) mass is 460 g/mol. The van der Waals surface area contributed by atoms with Gasteiger partial charge >= 0.3 is 12.1 Å². The number of fused-ring (bicyclic) bond motifs is 3. The lowest BCUT2D eigenvalue weighted by molar-refractivity contribution is -0.228. The van der Waals surface area contributed by atoms with Gasteiger partial charge in [-0.3, -0.25) is 4.84 Å². The Hall–Kier alpha value is -3.73. The number of halogens is 3. The number of hydrogen-bond donors (Lipinski definition) is 1. The molecule has 11 heteroatoms. The number of benzene rings is 1.